The molecule has 0 aromatic heterocycles. The molecule has 2 heteroatoms. The molecule has 1 N–H and O–H groups in total. The molecule has 1 saturated carbocycles. The molecule has 1 aromatic rings. The smallest absolute Gasteiger partial charge is 0.122 e. The van der Waals surface area contributed by atoms with Crippen LogP contribution in [0, 0.1) is 5.92 Å². The lowest BCUT2D eigenvalue weighted by Crippen LogP contribution is -2.12. The summed E-state index contributed by atoms with van der Waals surface area (Å²) in [5.41, 5.74) is 2.35. The van der Waals surface area contributed by atoms with E-state index in [4.69, 9.17) is 4.74 Å². The molecule has 1 unspecified atom stereocenters. The molecule has 1 aliphatic heterocycles. The van der Waals surface area contributed by atoms with Crippen molar-refractivity contribution in [2.24, 2.45) is 5.92 Å². The van der Waals surface area contributed by atoms with Crippen LogP contribution in [0.1, 0.15) is 49.3 Å². The first-order valence-corrected chi connectivity index (χ1v) is 6.78. The van der Waals surface area contributed by atoms with Crippen LogP contribution in [0.3, 0.4) is 0 Å². The lowest BCUT2D eigenvalue weighted by atomic mass is 9.92. The molecule has 0 bridgehead atoms. The molecule has 3 rings (SSSR count). The van der Waals surface area contributed by atoms with E-state index in [1.807, 2.05) is 12.1 Å². The third kappa shape index (κ3) is 2.19. The average molecular weight is 232 g/mol. The minimum Gasteiger partial charge on any atom is -0.493 e. The number of ether oxygens (including phenoxy) is 1. The second-order valence-corrected chi connectivity index (χ2v) is 5.31. The van der Waals surface area contributed by atoms with E-state index < -0.39 is 0 Å². The van der Waals surface area contributed by atoms with Gasteiger partial charge in [0.1, 0.15) is 5.75 Å². The predicted molar refractivity (Wildman–Crippen MR) is 67.2 cm³/mol. The van der Waals surface area contributed by atoms with Gasteiger partial charge in [0.2, 0.25) is 0 Å². The highest BCUT2D eigenvalue weighted by Crippen LogP contribution is 2.37. The van der Waals surface area contributed by atoms with Crippen molar-refractivity contribution in [3.63, 3.8) is 0 Å². The predicted octanol–water partition coefficient (Wildman–Crippen LogP) is 3.24. The molecule has 1 aliphatic carbocycles. The van der Waals surface area contributed by atoms with Crippen LogP contribution in [-0.4, -0.2) is 11.7 Å². The van der Waals surface area contributed by atoms with Crippen molar-refractivity contribution in [2.75, 3.05) is 6.61 Å². The summed E-state index contributed by atoms with van der Waals surface area (Å²) >= 11 is 0. The number of fused-ring (bicyclic) bond motifs is 1. The number of hydrogen-bond acceptors (Lipinski definition) is 2. The molecule has 1 atom stereocenters. The fraction of sp³-hybridized carbons (Fsp3) is 0.600. The van der Waals surface area contributed by atoms with Gasteiger partial charge >= 0.3 is 0 Å². The normalized spacial score (nSPS) is 21.9. The van der Waals surface area contributed by atoms with Gasteiger partial charge in [0.15, 0.2) is 0 Å². The van der Waals surface area contributed by atoms with Crippen LogP contribution in [0.25, 0.3) is 0 Å². The molecule has 2 aliphatic rings. The van der Waals surface area contributed by atoms with Gasteiger partial charge in [-0.25, -0.2) is 0 Å². The molecule has 0 radical (unpaired) electrons. The van der Waals surface area contributed by atoms with Crippen LogP contribution in [0.2, 0.25) is 0 Å². The van der Waals surface area contributed by atoms with Crippen LogP contribution in [0.15, 0.2) is 18.2 Å². The summed E-state index contributed by atoms with van der Waals surface area (Å²) in [6, 6.07) is 6.21. The van der Waals surface area contributed by atoms with Crippen molar-refractivity contribution in [3.05, 3.63) is 29.3 Å². The molecule has 1 aromatic carbocycles. The fourth-order valence-corrected chi connectivity index (χ4v) is 3.11. The Hall–Kier alpha value is -1.02. The van der Waals surface area contributed by atoms with Crippen LogP contribution in [-0.2, 0) is 6.42 Å². The Balaban J connectivity index is 1.82. The minimum absolute atomic E-state index is 0.273. The van der Waals surface area contributed by atoms with Gasteiger partial charge in [-0.15, -0.1) is 0 Å². The summed E-state index contributed by atoms with van der Waals surface area (Å²) < 4.78 is 5.60. The lowest BCUT2D eigenvalue weighted by molar-refractivity contribution is 0.111. The largest absolute Gasteiger partial charge is 0.493 e. The summed E-state index contributed by atoms with van der Waals surface area (Å²) in [5.74, 6) is 1.48. The third-order valence-corrected chi connectivity index (χ3v) is 4.12. The first-order valence-electron chi connectivity index (χ1n) is 6.78. The van der Waals surface area contributed by atoms with Gasteiger partial charge in [-0.2, -0.15) is 0 Å². The van der Waals surface area contributed by atoms with E-state index in [0.29, 0.717) is 5.92 Å². The van der Waals surface area contributed by atoms with E-state index in [-0.39, 0.29) is 6.10 Å². The van der Waals surface area contributed by atoms with E-state index in [0.717, 1.165) is 30.8 Å². The van der Waals surface area contributed by atoms with Gasteiger partial charge in [0.05, 0.1) is 12.7 Å². The molecular weight excluding hydrogens is 212 g/mol. The maximum absolute atomic E-state index is 10.4. The molecule has 0 saturated heterocycles. The number of aliphatic hydroxyl groups excluding tert-OH is 1. The minimum atomic E-state index is -0.273. The van der Waals surface area contributed by atoms with E-state index in [1.54, 1.807) is 0 Å². The molecule has 0 spiro atoms. The van der Waals surface area contributed by atoms with Crippen LogP contribution < -0.4 is 4.74 Å². The topological polar surface area (TPSA) is 29.5 Å². The van der Waals surface area contributed by atoms with E-state index in [1.165, 1.54) is 31.2 Å². The van der Waals surface area contributed by atoms with Crippen molar-refractivity contribution in [1.29, 1.82) is 0 Å². The van der Waals surface area contributed by atoms with E-state index in [2.05, 4.69) is 6.07 Å². The quantitative estimate of drug-likeness (QED) is 0.848. The van der Waals surface area contributed by atoms with Gasteiger partial charge in [-0.05, 0) is 54.9 Å². The molecule has 1 fully saturated rings. The SMILES string of the molecule is OC(c1ccc2c(c1)CCCO2)C1CCCC1. The molecule has 0 amide bonds. The average Bonchev–Trinajstić information content (AvgIpc) is 2.91. The zero-order valence-electron chi connectivity index (χ0n) is 10.2. The summed E-state index contributed by atoms with van der Waals surface area (Å²) in [7, 11) is 0. The molecule has 17 heavy (non-hydrogen) atoms. The van der Waals surface area contributed by atoms with Gasteiger partial charge in [0, 0.05) is 0 Å². The van der Waals surface area contributed by atoms with Crippen molar-refractivity contribution in [2.45, 2.75) is 44.6 Å². The van der Waals surface area contributed by atoms with E-state index in [9.17, 15) is 5.11 Å². The first-order chi connectivity index (χ1) is 8.34. The van der Waals surface area contributed by atoms with Crippen molar-refractivity contribution in [1.82, 2.24) is 0 Å². The standard InChI is InChI=1S/C15H20O2/c16-15(11-4-1-2-5-11)13-7-8-14-12(10-13)6-3-9-17-14/h7-8,10-11,15-16H,1-6,9H2. The Morgan fingerprint density at radius 3 is 2.82 bits per heavy atom. The molecule has 2 nitrogen and oxygen atoms in total. The zero-order chi connectivity index (χ0) is 11.7. The molecular formula is C15H20O2. The maximum Gasteiger partial charge on any atom is 0.122 e. The highest BCUT2D eigenvalue weighted by molar-refractivity contribution is 5.39. The number of hydrogen-bond donors (Lipinski definition) is 1. The molecule has 1 heterocycles. The van der Waals surface area contributed by atoms with Gasteiger partial charge in [0.25, 0.3) is 0 Å². The Kier molecular flexibility index (Phi) is 3.06. The summed E-state index contributed by atoms with van der Waals surface area (Å²) in [6.45, 7) is 0.831. The van der Waals surface area contributed by atoms with Crippen LogP contribution >= 0.6 is 0 Å². The van der Waals surface area contributed by atoms with Gasteiger partial charge in [-0.3, -0.25) is 0 Å². The summed E-state index contributed by atoms with van der Waals surface area (Å²) in [5, 5.41) is 10.4. The fourth-order valence-electron chi connectivity index (χ4n) is 3.11. The van der Waals surface area contributed by atoms with Crippen molar-refractivity contribution >= 4 is 0 Å². The van der Waals surface area contributed by atoms with Gasteiger partial charge < -0.3 is 9.84 Å². The highest BCUT2D eigenvalue weighted by atomic mass is 16.5. The Labute approximate surface area is 103 Å². The van der Waals surface area contributed by atoms with Crippen LogP contribution in [0.4, 0.5) is 0 Å². The highest BCUT2D eigenvalue weighted by Gasteiger charge is 2.25. The summed E-state index contributed by atoms with van der Waals surface area (Å²) in [4.78, 5) is 0. The van der Waals surface area contributed by atoms with Crippen molar-refractivity contribution < 1.29 is 9.84 Å². The van der Waals surface area contributed by atoms with Crippen molar-refractivity contribution in [3.8, 4) is 5.75 Å². The Morgan fingerprint density at radius 1 is 1.18 bits per heavy atom. The third-order valence-electron chi connectivity index (χ3n) is 4.12. The number of aryl methyl sites for hydroxylation is 1. The lowest BCUT2D eigenvalue weighted by Gasteiger charge is -2.22. The van der Waals surface area contributed by atoms with Gasteiger partial charge in [-0.1, -0.05) is 18.9 Å². The number of aliphatic hydroxyl groups is 1. The molecule has 92 valence electrons. The second kappa shape index (κ2) is 4.69. The number of benzene rings is 1. The Bertz CT molecular complexity index is 394. The Morgan fingerprint density at radius 2 is 2.00 bits per heavy atom. The zero-order valence-corrected chi connectivity index (χ0v) is 10.2. The monoisotopic (exact) mass is 232 g/mol. The second-order valence-electron chi connectivity index (χ2n) is 5.31. The van der Waals surface area contributed by atoms with Crippen LogP contribution in [0.5, 0.6) is 5.75 Å². The first kappa shape index (κ1) is 11.1. The number of rotatable bonds is 2. The maximum atomic E-state index is 10.4. The van der Waals surface area contributed by atoms with E-state index >= 15 is 0 Å². The summed E-state index contributed by atoms with van der Waals surface area (Å²) in [6.07, 6.45) is 6.80.